The lowest BCUT2D eigenvalue weighted by atomic mass is 10.1. The van der Waals surface area contributed by atoms with E-state index >= 15 is 0 Å². The topological polar surface area (TPSA) is 47.6 Å². The molecule has 0 saturated heterocycles. The molecule has 0 aliphatic rings. The molecule has 5 heteroatoms. The fourth-order valence-corrected chi connectivity index (χ4v) is 2.33. The molecule has 0 spiro atoms. The summed E-state index contributed by atoms with van der Waals surface area (Å²) in [5, 5.41) is 2.88. The molecule has 0 radical (unpaired) electrons. The molecule has 1 amide bonds. The lowest BCUT2D eigenvalue weighted by Crippen LogP contribution is -2.12. The molecular weight excluding hydrogens is 393 g/mol. The average molecular weight is 411 g/mol. The lowest BCUT2D eigenvalue weighted by Gasteiger charge is -2.11. The van der Waals surface area contributed by atoms with Gasteiger partial charge in [-0.2, -0.15) is 0 Å². The number of halogens is 1. The first-order valence-corrected chi connectivity index (χ1v) is 7.97. The van der Waals surface area contributed by atoms with Crippen molar-refractivity contribution in [2.24, 2.45) is 0 Å². The van der Waals surface area contributed by atoms with Crippen LogP contribution in [-0.4, -0.2) is 26.2 Å². The standard InChI is InChI=1S/C17H18INO3/c1-12-3-5-13(6-4-12)17(20)19-14-7-8-15(18)16(11-14)22-10-9-21-2/h3-8,11H,9-10H2,1-2H3,(H,19,20). The summed E-state index contributed by atoms with van der Waals surface area (Å²) in [5.41, 5.74) is 2.46. The molecule has 0 saturated carbocycles. The molecule has 0 fully saturated rings. The maximum atomic E-state index is 12.2. The third kappa shape index (κ3) is 4.71. The Labute approximate surface area is 144 Å². The summed E-state index contributed by atoms with van der Waals surface area (Å²) in [6, 6.07) is 13.1. The van der Waals surface area contributed by atoms with E-state index in [0.717, 1.165) is 14.9 Å². The van der Waals surface area contributed by atoms with Gasteiger partial charge in [0.05, 0.1) is 10.2 Å². The molecule has 1 N–H and O–H groups in total. The van der Waals surface area contributed by atoms with Gasteiger partial charge in [0, 0.05) is 24.4 Å². The van der Waals surface area contributed by atoms with Crippen LogP contribution in [0.2, 0.25) is 0 Å². The first-order chi connectivity index (χ1) is 10.6. The van der Waals surface area contributed by atoms with Crippen LogP contribution < -0.4 is 10.1 Å². The van der Waals surface area contributed by atoms with E-state index in [0.29, 0.717) is 24.5 Å². The molecule has 22 heavy (non-hydrogen) atoms. The summed E-state index contributed by atoms with van der Waals surface area (Å²) in [4.78, 5) is 12.2. The first kappa shape index (κ1) is 16.8. The van der Waals surface area contributed by atoms with Gasteiger partial charge in [0.2, 0.25) is 0 Å². The van der Waals surface area contributed by atoms with Crippen molar-refractivity contribution in [1.82, 2.24) is 0 Å². The Bertz CT molecular complexity index is 641. The Hall–Kier alpha value is -1.60. The van der Waals surface area contributed by atoms with Crippen molar-refractivity contribution < 1.29 is 14.3 Å². The van der Waals surface area contributed by atoms with Gasteiger partial charge >= 0.3 is 0 Å². The summed E-state index contributed by atoms with van der Waals surface area (Å²) in [7, 11) is 1.63. The number of carbonyl (C=O) groups is 1. The molecule has 0 aliphatic heterocycles. The van der Waals surface area contributed by atoms with Crippen LogP contribution in [0, 0.1) is 10.5 Å². The number of methoxy groups -OCH3 is 1. The van der Waals surface area contributed by atoms with Gasteiger partial charge in [0.15, 0.2) is 0 Å². The lowest BCUT2D eigenvalue weighted by molar-refractivity contribution is 0.102. The highest BCUT2D eigenvalue weighted by molar-refractivity contribution is 14.1. The van der Waals surface area contributed by atoms with Crippen LogP contribution in [0.4, 0.5) is 5.69 Å². The van der Waals surface area contributed by atoms with Crippen molar-refractivity contribution in [3.8, 4) is 5.75 Å². The molecular formula is C17H18INO3. The van der Waals surface area contributed by atoms with E-state index in [-0.39, 0.29) is 5.91 Å². The number of nitrogens with one attached hydrogen (secondary N) is 1. The second-order valence-electron chi connectivity index (χ2n) is 4.81. The second kappa shape index (κ2) is 8.14. The number of aryl methyl sites for hydroxylation is 1. The first-order valence-electron chi connectivity index (χ1n) is 6.89. The van der Waals surface area contributed by atoms with E-state index in [1.54, 1.807) is 7.11 Å². The van der Waals surface area contributed by atoms with Gasteiger partial charge in [-0.1, -0.05) is 17.7 Å². The third-order valence-corrected chi connectivity index (χ3v) is 3.94. The molecule has 0 aliphatic carbocycles. The van der Waals surface area contributed by atoms with E-state index in [2.05, 4.69) is 27.9 Å². The van der Waals surface area contributed by atoms with Crippen LogP contribution in [0.3, 0.4) is 0 Å². The number of rotatable bonds is 6. The van der Waals surface area contributed by atoms with Crippen LogP contribution in [0.25, 0.3) is 0 Å². The summed E-state index contributed by atoms with van der Waals surface area (Å²) >= 11 is 2.20. The zero-order chi connectivity index (χ0) is 15.9. The Morgan fingerprint density at radius 1 is 1.14 bits per heavy atom. The van der Waals surface area contributed by atoms with Gasteiger partial charge in [-0.25, -0.2) is 0 Å². The maximum absolute atomic E-state index is 12.2. The minimum absolute atomic E-state index is 0.135. The Kier molecular flexibility index (Phi) is 6.21. The minimum Gasteiger partial charge on any atom is -0.490 e. The number of carbonyl (C=O) groups excluding carboxylic acids is 1. The van der Waals surface area contributed by atoms with Crippen molar-refractivity contribution >= 4 is 34.2 Å². The highest BCUT2D eigenvalue weighted by Gasteiger charge is 2.08. The smallest absolute Gasteiger partial charge is 0.255 e. The highest BCUT2D eigenvalue weighted by Crippen LogP contribution is 2.25. The molecule has 0 aromatic heterocycles. The maximum Gasteiger partial charge on any atom is 0.255 e. The van der Waals surface area contributed by atoms with Gasteiger partial charge in [-0.15, -0.1) is 0 Å². The zero-order valence-electron chi connectivity index (χ0n) is 12.6. The normalized spacial score (nSPS) is 10.3. The number of ether oxygens (including phenoxy) is 2. The van der Waals surface area contributed by atoms with Crippen LogP contribution in [0.1, 0.15) is 15.9 Å². The summed E-state index contributed by atoms with van der Waals surface area (Å²) < 4.78 is 11.6. The molecule has 0 heterocycles. The van der Waals surface area contributed by atoms with Crippen LogP contribution in [-0.2, 0) is 4.74 Å². The van der Waals surface area contributed by atoms with Crippen LogP contribution in [0.5, 0.6) is 5.75 Å². The van der Waals surface area contributed by atoms with Gasteiger partial charge in [0.1, 0.15) is 12.4 Å². The Balaban J connectivity index is 2.07. The quantitative estimate of drug-likeness (QED) is 0.580. The van der Waals surface area contributed by atoms with E-state index in [1.165, 1.54) is 0 Å². The second-order valence-corrected chi connectivity index (χ2v) is 5.97. The fraction of sp³-hybridized carbons (Fsp3) is 0.235. The number of hydrogen-bond acceptors (Lipinski definition) is 3. The highest BCUT2D eigenvalue weighted by atomic mass is 127. The van der Waals surface area contributed by atoms with Gasteiger partial charge in [-0.3, -0.25) is 4.79 Å². The Morgan fingerprint density at radius 3 is 2.55 bits per heavy atom. The fourth-order valence-electron chi connectivity index (χ4n) is 1.83. The number of hydrogen-bond donors (Lipinski definition) is 1. The SMILES string of the molecule is COCCOc1cc(NC(=O)c2ccc(C)cc2)ccc1I. The predicted octanol–water partition coefficient (Wildman–Crippen LogP) is 3.88. The monoisotopic (exact) mass is 411 g/mol. The van der Waals surface area contributed by atoms with Crippen LogP contribution >= 0.6 is 22.6 Å². The largest absolute Gasteiger partial charge is 0.490 e. The summed E-state index contributed by atoms with van der Waals surface area (Å²) in [6.45, 7) is 2.99. The van der Waals surface area contributed by atoms with Crippen LogP contribution in [0.15, 0.2) is 42.5 Å². The van der Waals surface area contributed by atoms with E-state index in [9.17, 15) is 4.79 Å². The minimum atomic E-state index is -0.135. The number of amides is 1. The molecule has 2 aromatic rings. The molecule has 0 bridgehead atoms. The van der Waals surface area contributed by atoms with Gasteiger partial charge < -0.3 is 14.8 Å². The molecule has 2 rings (SSSR count). The molecule has 0 unspecified atom stereocenters. The van der Waals surface area contributed by atoms with Crippen molar-refractivity contribution in [3.63, 3.8) is 0 Å². The van der Waals surface area contributed by atoms with E-state index in [4.69, 9.17) is 9.47 Å². The number of anilines is 1. The molecule has 2 aromatic carbocycles. The molecule has 116 valence electrons. The average Bonchev–Trinajstić information content (AvgIpc) is 2.51. The van der Waals surface area contributed by atoms with E-state index in [1.807, 2.05) is 49.4 Å². The Morgan fingerprint density at radius 2 is 1.86 bits per heavy atom. The van der Waals surface area contributed by atoms with Crippen molar-refractivity contribution in [2.45, 2.75) is 6.92 Å². The predicted molar refractivity (Wildman–Crippen MR) is 95.7 cm³/mol. The third-order valence-electron chi connectivity index (χ3n) is 3.05. The van der Waals surface area contributed by atoms with Crippen molar-refractivity contribution in [2.75, 3.05) is 25.6 Å². The number of benzene rings is 2. The van der Waals surface area contributed by atoms with Gasteiger partial charge in [0.25, 0.3) is 5.91 Å². The van der Waals surface area contributed by atoms with Gasteiger partial charge in [-0.05, 0) is 53.8 Å². The van der Waals surface area contributed by atoms with Crippen molar-refractivity contribution in [1.29, 1.82) is 0 Å². The zero-order valence-corrected chi connectivity index (χ0v) is 14.7. The summed E-state index contributed by atoms with van der Waals surface area (Å²) in [6.07, 6.45) is 0. The van der Waals surface area contributed by atoms with Crippen molar-refractivity contribution in [3.05, 3.63) is 57.2 Å². The summed E-state index contributed by atoms with van der Waals surface area (Å²) in [5.74, 6) is 0.600. The molecule has 4 nitrogen and oxygen atoms in total. The molecule has 0 atom stereocenters. The van der Waals surface area contributed by atoms with E-state index < -0.39 is 0 Å².